The van der Waals surface area contributed by atoms with E-state index in [0.29, 0.717) is 22.8 Å². The molecular formula is C19H17NO6. The maximum Gasteiger partial charge on any atom is 0.344 e. The molecule has 1 aliphatic carbocycles. The summed E-state index contributed by atoms with van der Waals surface area (Å²) < 4.78 is 20.8. The van der Waals surface area contributed by atoms with Gasteiger partial charge in [0.2, 0.25) is 0 Å². The first-order valence-corrected chi connectivity index (χ1v) is 8.39. The molecule has 2 aromatic heterocycles. The first kappa shape index (κ1) is 16.4. The van der Waals surface area contributed by atoms with Gasteiger partial charge in [-0.3, -0.25) is 0 Å². The fraction of sp³-hybridized carbons (Fsp3) is 0.316. The summed E-state index contributed by atoms with van der Waals surface area (Å²) in [5.74, 6) is 0.561. The smallest absolute Gasteiger partial charge is 0.344 e. The second-order valence-corrected chi connectivity index (χ2v) is 6.24. The standard InChI is InChI=1S/C19H17NO6/c1-11-7-12(20-26-11)9-24-18(21)10-23-13-5-6-15-14-3-2-4-16(14)19(22)25-17(15)8-13/h5-8H,2-4,9-10H2,1H3. The van der Waals surface area contributed by atoms with Gasteiger partial charge in [0.25, 0.3) is 0 Å². The van der Waals surface area contributed by atoms with Gasteiger partial charge in [0, 0.05) is 23.1 Å². The topological polar surface area (TPSA) is 91.8 Å². The molecule has 0 atom stereocenters. The zero-order chi connectivity index (χ0) is 18.1. The van der Waals surface area contributed by atoms with Gasteiger partial charge in [0.15, 0.2) is 6.61 Å². The van der Waals surface area contributed by atoms with Crippen molar-refractivity contribution < 1.29 is 23.2 Å². The highest BCUT2D eigenvalue weighted by molar-refractivity contribution is 5.83. The van der Waals surface area contributed by atoms with Crippen molar-refractivity contribution in [1.82, 2.24) is 5.16 Å². The Morgan fingerprint density at radius 2 is 2.08 bits per heavy atom. The van der Waals surface area contributed by atoms with E-state index >= 15 is 0 Å². The van der Waals surface area contributed by atoms with Gasteiger partial charge in [-0.25, -0.2) is 9.59 Å². The van der Waals surface area contributed by atoms with E-state index in [0.717, 1.165) is 35.8 Å². The molecule has 7 heteroatoms. The lowest BCUT2D eigenvalue weighted by atomic mass is 10.1. The molecule has 1 aromatic carbocycles. The van der Waals surface area contributed by atoms with E-state index in [2.05, 4.69) is 5.16 Å². The minimum Gasteiger partial charge on any atom is -0.482 e. The van der Waals surface area contributed by atoms with Crippen LogP contribution in [-0.4, -0.2) is 17.7 Å². The van der Waals surface area contributed by atoms with Crippen LogP contribution in [0.25, 0.3) is 11.0 Å². The predicted octanol–water partition coefficient (Wildman–Crippen LogP) is 2.70. The van der Waals surface area contributed by atoms with Gasteiger partial charge in [0.1, 0.15) is 29.4 Å². The normalized spacial score (nSPS) is 13.0. The number of rotatable bonds is 5. The lowest BCUT2D eigenvalue weighted by Gasteiger charge is -2.08. The lowest BCUT2D eigenvalue weighted by molar-refractivity contribution is -0.147. The molecule has 3 aromatic rings. The van der Waals surface area contributed by atoms with Gasteiger partial charge >= 0.3 is 11.6 Å². The molecule has 0 aliphatic heterocycles. The quantitative estimate of drug-likeness (QED) is 0.513. The molecule has 134 valence electrons. The van der Waals surface area contributed by atoms with Crippen LogP contribution in [0.4, 0.5) is 0 Å². The Kier molecular flexibility index (Phi) is 4.20. The zero-order valence-electron chi connectivity index (χ0n) is 14.2. The molecule has 0 amide bonds. The number of hydrogen-bond acceptors (Lipinski definition) is 7. The molecule has 1 aliphatic rings. The lowest BCUT2D eigenvalue weighted by Crippen LogP contribution is -2.15. The van der Waals surface area contributed by atoms with Crippen LogP contribution in [0.5, 0.6) is 5.75 Å². The van der Waals surface area contributed by atoms with Gasteiger partial charge in [0.05, 0.1) is 0 Å². The van der Waals surface area contributed by atoms with Crippen LogP contribution in [0.15, 0.2) is 38.0 Å². The Hall–Kier alpha value is -3.09. The number of esters is 1. The third-order valence-electron chi connectivity index (χ3n) is 4.36. The van der Waals surface area contributed by atoms with E-state index in [1.165, 1.54) is 0 Å². The van der Waals surface area contributed by atoms with Crippen molar-refractivity contribution >= 4 is 16.9 Å². The van der Waals surface area contributed by atoms with Crippen LogP contribution in [0.1, 0.15) is 29.0 Å². The predicted molar refractivity (Wildman–Crippen MR) is 91.0 cm³/mol. The van der Waals surface area contributed by atoms with Crippen LogP contribution in [-0.2, 0) is 29.0 Å². The minimum absolute atomic E-state index is 0.0261. The Morgan fingerprint density at radius 1 is 1.23 bits per heavy atom. The summed E-state index contributed by atoms with van der Waals surface area (Å²) in [5.41, 5.74) is 2.56. The second-order valence-electron chi connectivity index (χ2n) is 6.24. The molecule has 26 heavy (non-hydrogen) atoms. The highest BCUT2D eigenvalue weighted by atomic mass is 16.6. The second kappa shape index (κ2) is 6.67. The molecule has 0 spiro atoms. The molecule has 0 fully saturated rings. The van der Waals surface area contributed by atoms with Gasteiger partial charge in [-0.2, -0.15) is 0 Å². The first-order chi connectivity index (χ1) is 12.6. The number of aromatic nitrogens is 1. The van der Waals surface area contributed by atoms with Crippen LogP contribution >= 0.6 is 0 Å². The maximum absolute atomic E-state index is 12.0. The molecule has 4 rings (SSSR count). The van der Waals surface area contributed by atoms with Crippen molar-refractivity contribution in [2.75, 3.05) is 6.61 Å². The van der Waals surface area contributed by atoms with E-state index in [4.69, 9.17) is 18.4 Å². The summed E-state index contributed by atoms with van der Waals surface area (Å²) in [5, 5.41) is 4.67. The zero-order valence-corrected chi connectivity index (χ0v) is 14.2. The molecule has 7 nitrogen and oxygen atoms in total. The number of carbonyl (C=O) groups excluding carboxylic acids is 1. The molecule has 2 heterocycles. The minimum atomic E-state index is -0.527. The SMILES string of the molecule is Cc1cc(COC(=O)COc2ccc3c4c(c(=O)oc3c2)CCC4)no1. The Morgan fingerprint density at radius 3 is 2.88 bits per heavy atom. The number of benzene rings is 1. The number of nitrogens with zero attached hydrogens (tertiary/aromatic N) is 1. The molecule has 0 unspecified atom stereocenters. The van der Waals surface area contributed by atoms with Gasteiger partial charge in [-0.1, -0.05) is 5.16 Å². The van der Waals surface area contributed by atoms with Crippen molar-refractivity contribution in [2.24, 2.45) is 0 Å². The summed E-state index contributed by atoms with van der Waals surface area (Å²) in [6.45, 7) is 1.53. The fourth-order valence-electron chi connectivity index (χ4n) is 3.18. The Bertz CT molecular complexity index is 1030. The largest absolute Gasteiger partial charge is 0.482 e. The van der Waals surface area contributed by atoms with Crippen LogP contribution in [0.3, 0.4) is 0 Å². The highest BCUT2D eigenvalue weighted by Gasteiger charge is 2.19. The van der Waals surface area contributed by atoms with Crippen molar-refractivity contribution in [3.63, 3.8) is 0 Å². The molecular weight excluding hydrogens is 338 g/mol. The van der Waals surface area contributed by atoms with Crippen molar-refractivity contribution in [1.29, 1.82) is 0 Å². The number of carbonyl (C=O) groups is 1. The molecule has 0 bridgehead atoms. The molecule has 0 N–H and O–H groups in total. The Labute approximate surface area is 148 Å². The number of fused-ring (bicyclic) bond motifs is 3. The highest BCUT2D eigenvalue weighted by Crippen LogP contribution is 2.29. The average molecular weight is 355 g/mol. The monoisotopic (exact) mass is 355 g/mol. The van der Waals surface area contributed by atoms with E-state index in [1.807, 2.05) is 6.07 Å². The van der Waals surface area contributed by atoms with Crippen LogP contribution in [0, 0.1) is 6.92 Å². The Balaban J connectivity index is 1.42. The summed E-state index contributed by atoms with van der Waals surface area (Å²) in [7, 11) is 0. The summed E-state index contributed by atoms with van der Waals surface area (Å²) in [4.78, 5) is 23.8. The molecule has 0 saturated heterocycles. The summed E-state index contributed by atoms with van der Waals surface area (Å²) in [6, 6.07) is 6.94. The first-order valence-electron chi connectivity index (χ1n) is 8.39. The number of aryl methyl sites for hydroxylation is 2. The van der Waals surface area contributed by atoms with E-state index in [9.17, 15) is 9.59 Å². The molecule has 0 saturated carbocycles. The summed E-state index contributed by atoms with van der Waals surface area (Å²) in [6.07, 6.45) is 2.61. The number of ether oxygens (including phenoxy) is 2. The third kappa shape index (κ3) is 3.20. The van der Waals surface area contributed by atoms with Gasteiger partial charge in [-0.05, 0) is 43.9 Å². The summed E-state index contributed by atoms with van der Waals surface area (Å²) >= 11 is 0. The fourth-order valence-corrected chi connectivity index (χ4v) is 3.18. The van der Waals surface area contributed by atoms with E-state index < -0.39 is 5.97 Å². The van der Waals surface area contributed by atoms with Crippen molar-refractivity contribution in [2.45, 2.75) is 32.8 Å². The van der Waals surface area contributed by atoms with Gasteiger partial charge in [-0.15, -0.1) is 0 Å². The van der Waals surface area contributed by atoms with Crippen molar-refractivity contribution in [3.8, 4) is 5.75 Å². The van der Waals surface area contributed by atoms with E-state index in [-0.39, 0.29) is 18.8 Å². The third-order valence-corrected chi connectivity index (χ3v) is 4.36. The average Bonchev–Trinajstić information content (AvgIpc) is 3.27. The van der Waals surface area contributed by atoms with Crippen molar-refractivity contribution in [3.05, 3.63) is 57.3 Å². The van der Waals surface area contributed by atoms with Crippen LogP contribution in [0.2, 0.25) is 0 Å². The van der Waals surface area contributed by atoms with E-state index in [1.54, 1.807) is 25.1 Å². The van der Waals surface area contributed by atoms with Crippen LogP contribution < -0.4 is 10.4 Å². The molecule has 0 radical (unpaired) electrons. The maximum atomic E-state index is 12.0. The van der Waals surface area contributed by atoms with Gasteiger partial charge < -0.3 is 18.4 Å². The number of hydrogen-bond donors (Lipinski definition) is 0.